The molecule has 168 valence electrons. The Balaban J connectivity index is 2.06. The molecule has 0 atom stereocenters. The highest BCUT2D eigenvalue weighted by molar-refractivity contribution is 7.89. The lowest BCUT2D eigenvalue weighted by Gasteiger charge is -2.20. The number of nitrogens with zero attached hydrogens (tertiary/aromatic N) is 1. The van der Waals surface area contributed by atoms with E-state index in [0.29, 0.717) is 5.02 Å². The van der Waals surface area contributed by atoms with Gasteiger partial charge in [-0.1, -0.05) is 11.6 Å². The number of ether oxygens (including phenoxy) is 1. The fourth-order valence-electron chi connectivity index (χ4n) is 2.39. The van der Waals surface area contributed by atoms with E-state index < -0.39 is 40.0 Å². The number of amides is 2. The summed E-state index contributed by atoms with van der Waals surface area (Å²) in [5, 5.41) is 5.12. The number of rotatable bonds is 6. The predicted octanol–water partition coefficient (Wildman–Crippen LogP) is 4.09. The number of carbonyl (C=O) groups is 2. The molecular weight excluding hydrogens is 449 g/mol. The molecule has 0 aliphatic heterocycles. The second-order valence-corrected chi connectivity index (χ2v) is 10.1. The van der Waals surface area contributed by atoms with Gasteiger partial charge < -0.3 is 10.1 Å². The molecule has 0 aliphatic rings. The van der Waals surface area contributed by atoms with Gasteiger partial charge in [-0.2, -0.15) is 4.31 Å². The van der Waals surface area contributed by atoms with Crippen LogP contribution in [0.5, 0.6) is 0 Å². The smallest absolute Gasteiger partial charge is 0.412 e. The zero-order valence-electron chi connectivity index (χ0n) is 17.4. The van der Waals surface area contributed by atoms with E-state index >= 15 is 0 Å². The number of halogens is 2. The van der Waals surface area contributed by atoms with Crippen molar-refractivity contribution in [3.8, 4) is 0 Å². The molecule has 0 bridgehead atoms. The van der Waals surface area contributed by atoms with Crippen molar-refractivity contribution in [3.63, 3.8) is 0 Å². The molecule has 0 spiro atoms. The lowest BCUT2D eigenvalue weighted by molar-refractivity contribution is -0.116. The van der Waals surface area contributed by atoms with E-state index in [1.54, 1.807) is 20.8 Å². The quantitative estimate of drug-likeness (QED) is 0.660. The van der Waals surface area contributed by atoms with Crippen molar-refractivity contribution >= 4 is 45.0 Å². The number of hydrogen-bond donors (Lipinski definition) is 2. The van der Waals surface area contributed by atoms with Crippen LogP contribution in [0.25, 0.3) is 0 Å². The molecule has 2 rings (SSSR count). The number of hydrogen-bond acceptors (Lipinski definition) is 5. The first-order valence-electron chi connectivity index (χ1n) is 9.09. The van der Waals surface area contributed by atoms with Crippen LogP contribution in [0.4, 0.5) is 20.6 Å². The van der Waals surface area contributed by atoms with E-state index in [1.165, 1.54) is 43.4 Å². The summed E-state index contributed by atoms with van der Waals surface area (Å²) < 4.78 is 45.1. The highest BCUT2D eigenvalue weighted by Crippen LogP contribution is 2.21. The minimum Gasteiger partial charge on any atom is -0.444 e. The van der Waals surface area contributed by atoms with E-state index in [0.717, 1.165) is 10.4 Å². The van der Waals surface area contributed by atoms with Crippen molar-refractivity contribution < 1.29 is 27.1 Å². The van der Waals surface area contributed by atoms with Gasteiger partial charge in [-0.3, -0.25) is 10.1 Å². The minimum atomic E-state index is -3.91. The average Bonchev–Trinajstić information content (AvgIpc) is 2.63. The number of benzene rings is 2. The summed E-state index contributed by atoms with van der Waals surface area (Å²) in [6.07, 6.45) is -0.858. The molecule has 2 aromatic carbocycles. The Hall–Kier alpha value is -2.69. The number of anilines is 2. The van der Waals surface area contributed by atoms with Crippen LogP contribution in [-0.2, 0) is 19.6 Å². The van der Waals surface area contributed by atoms with Gasteiger partial charge in [0.15, 0.2) is 0 Å². The lowest BCUT2D eigenvalue weighted by Crippen LogP contribution is -2.35. The molecule has 0 fully saturated rings. The first-order valence-corrected chi connectivity index (χ1v) is 10.9. The van der Waals surface area contributed by atoms with Gasteiger partial charge in [0.05, 0.1) is 17.1 Å². The third-order valence-electron chi connectivity index (χ3n) is 3.77. The molecule has 0 saturated carbocycles. The summed E-state index contributed by atoms with van der Waals surface area (Å²) in [6.45, 7) is 4.49. The fraction of sp³-hybridized carbons (Fsp3) is 0.300. The first kappa shape index (κ1) is 24.6. The van der Waals surface area contributed by atoms with Crippen molar-refractivity contribution in [3.05, 3.63) is 53.3 Å². The summed E-state index contributed by atoms with van der Waals surface area (Å²) in [4.78, 5) is 24.2. The average molecular weight is 472 g/mol. The predicted molar refractivity (Wildman–Crippen MR) is 116 cm³/mol. The van der Waals surface area contributed by atoms with E-state index in [9.17, 15) is 22.4 Å². The van der Waals surface area contributed by atoms with Crippen LogP contribution in [0.15, 0.2) is 47.4 Å². The van der Waals surface area contributed by atoms with Crippen molar-refractivity contribution in [1.29, 1.82) is 0 Å². The molecule has 0 aromatic heterocycles. The number of carbonyl (C=O) groups excluding carboxylic acids is 2. The Kier molecular flexibility index (Phi) is 7.63. The lowest BCUT2D eigenvalue weighted by atomic mass is 10.2. The monoisotopic (exact) mass is 471 g/mol. The number of nitrogens with one attached hydrogen (secondary N) is 2. The van der Waals surface area contributed by atoms with Gasteiger partial charge in [-0.25, -0.2) is 17.6 Å². The first-order chi connectivity index (χ1) is 14.3. The van der Waals surface area contributed by atoms with Gasteiger partial charge in [0.1, 0.15) is 11.4 Å². The molecule has 0 unspecified atom stereocenters. The SMILES string of the molecule is CN(CC(=O)Nc1ccc(F)c(NC(=O)OC(C)(C)C)c1)S(=O)(=O)c1ccc(Cl)cc1. The van der Waals surface area contributed by atoms with Crippen LogP contribution < -0.4 is 10.6 Å². The van der Waals surface area contributed by atoms with Crippen LogP contribution >= 0.6 is 11.6 Å². The van der Waals surface area contributed by atoms with E-state index in [2.05, 4.69) is 10.6 Å². The molecule has 0 aliphatic carbocycles. The maximum atomic E-state index is 14.0. The molecule has 0 radical (unpaired) electrons. The summed E-state index contributed by atoms with van der Waals surface area (Å²) in [6, 6.07) is 9.06. The topological polar surface area (TPSA) is 105 Å². The Morgan fingerprint density at radius 3 is 2.29 bits per heavy atom. The fourth-order valence-corrected chi connectivity index (χ4v) is 3.64. The van der Waals surface area contributed by atoms with Crippen LogP contribution in [0.3, 0.4) is 0 Å². The maximum Gasteiger partial charge on any atom is 0.412 e. The number of likely N-dealkylation sites (N-methyl/N-ethyl adjacent to an activating group) is 1. The number of sulfonamides is 1. The molecule has 2 aromatic rings. The molecule has 2 N–H and O–H groups in total. The molecule has 0 heterocycles. The van der Waals surface area contributed by atoms with Crippen molar-refractivity contribution in [2.45, 2.75) is 31.3 Å². The minimum absolute atomic E-state index is 0.0159. The van der Waals surface area contributed by atoms with Crippen LogP contribution in [-0.4, -0.2) is 43.9 Å². The largest absolute Gasteiger partial charge is 0.444 e. The van der Waals surface area contributed by atoms with E-state index in [1.807, 2.05) is 0 Å². The van der Waals surface area contributed by atoms with Crippen molar-refractivity contribution in [2.75, 3.05) is 24.2 Å². The highest BCUT2D eigenvalue weighted by atomic mass is 35.5. The van der Waals surface area contributed by atoms with Crippen molar-refractivity contribution in [1.82, 2.24) is 4.31 Å². The van der Waals surface area contributed by atoms with Gasteiger partial charge in [0.25, 0.3) is 0 Å². The maximum absolute atomic E-state index is 14.0. The van der Waals surface area contributed by atoms with Gasteiger partial charge >= 0.3 is 6.09 Å². The third kappa shape index (κ3) is 7.20. The third-order valence-corrected chi connectivity index (χ3v) is 5.84. The van der Waals surface area contributed by atoms with E-state index in [4.69, 9.17) is 16.3 Å². The molecule has 2 amide bonds. The molecule has 11 heteroatoms. The van der Waals surface area contributed by atoms with Crippen LogP contribution in [0, 0.1) is 5.82 Å². The van der Waals surface area contributed by atoms with Crippen molar-refractivity contribution in [2.24, 2.45) is 0 Å². The Morgan fingerprint density at radius 2 is 1.71 bits per heavy atom. The van der Waals surface area contributed by atoms with E-state index in [-0.39, 0.29) is 16.3 Å². The van der Waals surface area contributed by atoms with Gasteiger partial charge in [-0.05, 0) is 63.2 Å². The molecule has 31 heavy (non-hydrogen) atoms. The van der Waals surface area contributed by atoms with Gasteiger partial charge in [-0.15, -0.1) is 0 Å². The van der Waals surface area contributed by atoms with Gasteiger partial charge in [0, 0.05) is 17.8 Å². The molecule has 8 nitrogen and oxygen atoms in total. The standard InChI is InChI=1S/C20H23ClFN3O5S/c1-20(2,3)30-19(27)24-17-11-14(7-10-16(17)22)23-18(26)12-25(4)31(28,29)15-8-5-13(21)6-9-15/h5-11H,12H2,1-4H3,(H,23,26)(H,24,27). The Labute approximate surface area is 185 Å². The Morgan fingerprint density at radius 1 is 1.10 bits per heavy atom. The summed E-state index contributed by atoms with van der Waals surface area (Å²) in [5.74, 6) is -1.39. The van der Waals surface area contributed by atoms with Crippen LogP contribution in [0.2, 0.25) is 5.02 Å². The normalized spacial score (nSPS) is 11.8. The zero-order valence-corrected chi connectivity index (χ0v) is 19.0. The summed E-state index contributed by atoms with van der Waals surface area (Å²) >= 11 is 5.77. The Bertz CT molecular complexity index is 1070. The second-order valence-electron chi connectivity index (χ2n) is 7.58. The molecule has 0 saturated heterocycles. The zero-order chi connectivity index (χ0) is 23.4. The van der Waals surface area contributed by atoms with Crippen LogP contribution in [0.1, 0.15) is 20.8 Å². The summed E-state index contributed by atoms with van der Waals surface area (Å²) in [5.41, 5.74) is -0.809. The molecular formula is C20H23ClFN3O5S. The second kappa shape index (κ2) is 9.63. The highest BCUT2D eigenvalue weighted by Gasteiger charge is 2.23. The summed E-state index contributed by atoms with van der Waals surface area (Å²) in [7, 11) is -2.66. The van der Waals surface area contributed by atoms with Gasteiger partial charge in [0.2, 0.25) is 15.9 Å².